The van der Waals surface area contributed by atoms with Gasteiger partial charge in [0.1, 0.15) is 12.2 Å². The van der Waals surface area contributed by atoms with E-state index in [1.165, 1.54) is 109 Å². The minimum absolute atomic E-state index is 0.0458. The molecule has 0 aliphatic heterocycles. The van der Waals surface area contributed by atoms with Crippen LogP contribution in [0.4, 0.5) is 0 Å². The number of carbonyl (C=O) groups excluding carboxylic acids is 1. The van der Waals surface area contributed by atoms with E-state index >= 15 is 0 Å². The Morgan fingerprint density at radius 3 is 1.55 bits per heavy atom. The number of aliphatic hydroxyl groups is 2. The van der Waals surface area contributed by atoms with Crippen molar-refractivity contribution < 1.29 is 43.0 Å². The largest absolute Gasteiger partial charge is 0.472 e. The van der Waals surface area contributed by atoms with Gasteiger partial charge in [-0.05, 0) is 64.2 Å². The van der Waals surface area contributed by atoms with Gasteiger partial charge in [0.25, 0.3) is 0 Å². The van der Waals surface area contributed by atoms with Crippen molar-refractivity contribution in [3.05, 3.63) is 36.5 Å². The normalized spacial score (nSPS) is 14.3. The van der Waals surface area contributed by atoms with Crippen molar-refractivity contribution in [2.24, 2.45) is 0 Å². The van der Waals surface area contributed by atoms with Crippen LogP contribution >= 0.6 is 7.82 Å². The molecule has 0 saturated carbocycles. The highest BCUT2D eigenvalue weighted by molar-refractivity contribution is 7.47. The Kier molecular flexibility index (Phi) is 41.3. The average molecular weight is 801 g/mol. The van der Waals surface area contributed by atoms with Crippen LogP contribution in [0.1, 0.15) is 200 Å². The molecule has 3 atom stereocenters. The minimum Gasteiger partial charge on any atom is -0.457 e. The summed E-state index contributed by atoms with van der Waals surface area (Å²) in [6.07, 6.45) is 45.5. The molecule has 0 aliphatic rings. The Bertz CT molecular complexity index is 955. The van der Waals surface area contributed by atoms with Gasteiger partial charge in [-0.25, -0.2) is 4.57 Å². The van der Waals surface area contributed by atoms with Crippen LogP contribution in [0.3, 0.4) is 0 Å². The molecular weight excluding hydrogens is 715 g/mol. The Balaban J connectivity index is 4.01. The number of rotatable bonds is 43. The van der Waals surface area contributed by atoms with Gasteiger partial charge in [-0.1, -0.05) is 166 Å². The van der Waals surface area contributed by atoms with Gasteiger partial charge in [-0.3, -0.25) is 13.8 Å². The second-order valence-electron chi connectivity index (χ2n) is 15.1. The second-order valence-corrected chi connectivity index (χ2v) is 16.5. The lowest BCUT2D eigenvalue weighted by Crippen LogP contribution is -2.29. The van der Waals surface area contributed by atoms with Crippen molar-refractivity contribution in [2.75, 3.05) is 33.0 Å². The van der Waals surface area contributed by atoms with E-state index in [9.17, 15) is 19.4 Å². The van der Waals surface area contributed by atoms with E-state index in [1.54, 1.807) is 0 Å². The van der Waals surface area contributed by atoms with E-state index < -0.39 is 39.2 Å². The number of allylic oxidation sites excluding steroid dienone is 6. The van der Waals surface area contributed by atoms with Crippen LogP contribution in [0.25, 0.3) is 0 Å². The second kappa shape index (κ2) is 42.3. The van der Waals surface area contributed by atoms with Crippen molar-refractivity contribution in [3.8, 4) is 0 Å². The predicted molar refractivity (Wildman–Crippen MR) is 228 cm³/mol. The molecule has 0 rings (SSSR count). The molecule has 0 heterocycles. The molecule has 10 heteroatoms. The molecule has 0 aromatic rings. The van der Waals surface area contributed by atoms with Crippen LogP contribution in [-0.2, 0) is 27.9 Å². The summed E-state index contributed by atoms with van der Waals surface area (Å²) in [5, 5.41) is 18.3. The molecule has 9 nitrogen and oxygen atoms in total. The zero-order valence-electron chi connectivity index (χ0n) is 35.4. The Hall–Kier alpha value is -1.32. The molecule has 0 aromatic heterocycles. The van der Waals surface area contributed by atoms with Gasteiger partial charge in [0.05, 0.1) is 26.4 Å². The molecule has 0 radical (unpaired) electrons. The molecule has 55 heavy (non-hydrogen) atoms. The van der Waals surface area contributed by atoms with Crippen LogP contribution in [0.2, 0.25) is 0 Å². The summed E-state index contributed by atoms with van der Waals surface area (Å²) >= 11 is 0. The zero-order valence-corrected chi connectivity index (χ0v) is 36.3. The van der Waals surface area contributed by atoms with E-state index in [2.05, 4.69) is 50.3 Å². The summed E-state index contributed by atoms with van der Waals surface area (Å²) in [6.45, 7) is 3.44. The number of carbonyl (C=O) groups is 1. The van der Waals surface area contributed by atoms with Gasteiger partial charge < -0.3 is 24.6 Å². The third kappa shape index (κ3) is 42.1. The molecule has 0 saturated heterocycles. The molecule has 0 aromatic carbocycles. The van der Waals surface area contributed by atoms with Crippen LogP contribution in [0.15, 0.2) is 36.5 Å². The van der Waals surface area contributed by atoms with Crippen LogP contribution < -0.4 is 0 Å². The molecule has 0 fully saturated rings. The van der Waals surface area contributed by atoms with Gasteiger partial charge >= 0.3 is 13.8 Å². The number of hydrogen-bond acceptors (Lipinski definition) is 8. The summed E-state index contributed by atoms with van der Waals surface area (Å²) in [5.74, 6) is -0.394. The van der Waals surface area contributed by atoms with Crippen molar-refractivity contribution >= 4 is 13.8 Å². The molecule has 0 aliphatic carbocycles. The molecule has 324 valence electrons. The fraction of sp³-hybridized carbons (Fsp3) is 0.844. The fourth-order valence-corrected chi connectivity index (χ4v) is 6.88. The maximum atomic E-state index is 12.5. The van der Waals surface area contributed by atoms with E-state index in [-0.39, 0.29) is 19.6 Å². The number of ether oxygens (including phenoxy) is 2. The molecule has 0 bridgehead atoms. The number of phosphoric ester groups is 1. The number of aliphatic hydroxyl groups excluding tert-OH is 2. The van der Waals surface area contributed by atoms with Crippen molar-refractivity contribution in [1.82, 2.24) is 0 Å². The van der Waals surface area contributed by atoms with Crippen molar-refractivity contribution in [1.29, 1.82) is 0 Å². The van der Waals surface area contributed by atoms with E-state index in [0.717, 1.165) is 70.6 Å². The highest BCUT2D eigenvalue weighted by Crippen LogP contribution is 2.43. The third-order valence-corrected chi connectivity index (χ3v) is 10.5. The first-order chi connectivity index (χ1) is 26.8. The van der Waals surface area contributed by atoms with Crippen molar-refractivity contribution in [3.63, 3.8) is 0 Å². The topological polar surface area (TPSA) is 132 Å². The summed E-state index contributed by atoms with van der Waals surface area (Å²) in [4.78, 5) is 22.5. The quantitative estimate of drug-likeness (QED) is 0.0239. The highest BCUT2D eigenvalue weighted by Gasteiger charge is 2.26. The smallest absolute Gasteiger partial charge is 0.457 e. The van der Waals surface area contributed by atoms with E-state index in [0.29, 0.717) is 6.61 Å². The van der Waals surface area contributed by atoms with Gasteiger partial charge in [0.15, 0.2) is 0 Å². The SMILES string of the molecule is CCC/C=C\CCCCCCCC(=O)OC(COCCCCCCCCCCCCCC/C=C\C/C=C\CCCCCCC)COP(=O)(O)OCC(O)CO. The first kappa shape index (κ1) is 53.7. The molecule has 3 N–H and O–H groups in total. The van der Waals surface area contributed by atoms with Crippen LogP contribution in [-0.4, -0.2) is 66.3 Å². The van der Waals surface area contributed by atoms with Crippen LogP contribution in [0.5, 0.6) is 0 Å². The standard InChI is InChI=1S/C45H85O9P/c1-3-5-7-9-11-13-15-16-17-18-19-20-21-22-23-24-25-26-27-28-30-32-34-36-38-51-41-44(42-53-55(49,50)52-40-43(47)39-46)54-45(48)37-35-33-31-29-14-12-10-8-6-4-2/h8,10,15-16,18-19,43-44,46-47H,3-7,9,11-14,17,20-42H2,1-2H3,(H,49,50)/b10-8-,16-15-,19-18-. The van der Waals surface area contributed by atoms with E-state index in [4.69, 9.17) is 23.6 Å². The maximum absolute atomic E-state index is 12.5. The summed E-state index contributed by atoms with van der Waals surface area (Å²) in [5.41, 5.74) is 0. The first-order valence-electron chi connectivity index (χ1n) is 22.5. The van der Waals surface area contributed by atoms with E-state index in [1.807, 2.05) is 0 Å². The number of unbranched alkanes of at least 4 members (excludes halogenated alkanes) is 23. The molecule has 0 spiro atoms. The number of hydrogen-bond donors (Lipinski definition) is 3. The maximum Gasteiger partial charge on any atom is 0.472 e. The fourth-order valence-electron chi connectivity index (χ4n) is 6.09. The zero-order chi connectivity index (χ0) is 40.3. The summed E-state index contributed by atoms with van der Waals surface area (Å²) in [7, 11) is -4.51. The van der Waals surface area contributed by atoms with Crippen molar-refractivity contribution in [2.45, 2.75) is 212 Å². The lowest BCUT2D eigenvalue weighted by atomic mass is 10.0. The lowest BCUT2D eigenvalue weighted by Gasteiger charge is -2.20. The number of phosphoric acid groups is 1. The average Bonchev–Trinajstić information content (AvgIpc) is 3.18. The molecular formula is C45H85O9P. The Morgan fingerprint density at radius 1 is 0.564 bits per heavy atom. The Labute approximate surface area is 337 Å². The van der Waals surface area contributed by atoms with Gasteiger partial charge in [0.2, 0.25) is 0 Å². The number of esters is 1. The highest BCUT2D eigenvalue weighted by atomic mass is 31.2. The summed E-state index contributed by atoms with van der Waals surface area (Å²) in [6, 6.07) is 0. The first-order valence-corrected chi connectivity index (χ1v) is 24.0. The minimum atomic E-state index is -4.51. The molecule has 3 unspecified atom stereocenters. The molecule has 0 amide bonds. The Morgan fingerprint density at radius 2 is 1.02 bits per heavy atom. The predicted octanol–water partition coefficient (Wildman–Crippen LogP) is 12.4. The van der Waals surface area contributed by atoms with Gasteiger partial charge in [-0.15, -0.1) is 0 Å². The monoisotopic (exact) mass is 801 g/mol. The lowest BCUT2D eigenvalue weighted by molar-refractivity contribution is -0.154. The van der Waals surface area contributed by atoms with Gasteiger partial charge in [-0.2, -0.15) is 0 Å². The summed E-state index contributed by atoms with van der Waals surface area (Å²) < 4.78 is 33.3. The van der Waals surface area contributed by atoms with Gasteiger partial charge in [0, 0.05) is 13.0 Å². The van der Waals surface area contributed by atoms with Crippen LogP contribution in [0, 0.1) is 0 Å². The third-order valence-electron chi connectivity index (χ3n) is 9.53.